The van der Waals surface area contributed by atoms with Gasteiger partial charge in [-0.25, -0.2) is 0 Å². The van der Waals surface area contributed by atoms with Gasteiger partial charge in [0.1, 0.15) is 0 Å². The molecule has 3 aromatic rings. The third-order valence-electron chi connectivity index (χ3n) is 4.30. The largest absolute Gasteiger partial charge is 0.397 e. The first kappa shape index (κ1) is 18.3. The van der Waals surface area contributed by atoms with Crippen LogP contribution in [0.25, 0.3) is 17.2 Å². The van der Waals surface area contributed by atoms with Crippen molar-refractivity contribution in [2.45, 2.75) is 24.1 Å². The molecule has 0 spiro atoms. The van der Waals surface area contributed by atoms with Crippen LogP contribution in [-0.4, -0.2) is 0 Å². The molecule has 0 radical (unpaired) electrons. The highest BCUT2D eigenvalue weighted by molar-refractivity contribution is 7.98. The molecule has 0 aliphatic carbocycles. The van der Waals surface area contributed by atoms with E-state index in [-0.39, 0.29) is 0 Å². The molecule has 3 heteroatoms. The molecular formula is C23H24N2S. The molecule has 0 amide bonds. The van der Waals surface area contributed by atoms with Crippen LogP contribution in [-0.2, 0) is 12.3 Å². The normalized spacial score (nSPS) is 11.2. The molecule has 26 heavy (non-hydrogen) atoms. The Morgan fingerprint density at radius 1 is 0.885 bits per heavy atom. The van der Waals surface area contributed by atoms with Crippen molar-refractivity contribution >= 4 is 23.5 Å². The summed E-state index contributed by atoms with van der Waals surface area (Å²) in [6.07, 6.45) is 4.15. The van der Waals surface area contributed by atoms with Gasteiger partial charge < -0.3 is 11.5 Å². The lowest BCUT2D eigenvalue weighted by atomic mass is 9.96. The fourth-order valence-electron chi connectivity index (χ4n) is 2.93. The molecule has 0 aromatic heterocycles. The van der Waals surface area contributed by atoms with E-state index in [1.54, 1.807) is 11.8 Å². The Kier molecular flexibility index (Phi) is 6.16. The second kappa shape index (κ2) is 8.75. The van der Waals surface area contributed by atoms with E-state index in [1.807, 2.05) is 19.1 Å². The van der Waals surface area contributed by atoms with E-state index >= 15 is 0 Å². The van der Waals surface area contributed by atoms with Crippen molar-refractivity contribution < 1.29 is 0 Å². The number of rotatable bonds is 6. The topological polar surface area (TPSA) is 52.0 Å². The first-order valence-corrected chi connectivity index (χ1v) is 9.72. The van der Waals surface area contributed by atoms with Gasteiger partial charge in [-0.3, -0.25) is 0 Å². The van der Waals surface area contributed by atoms with Gasteiger partial charge in [-0.15, -0.1) is 11.8 Å². The lowest BCUT2D eigenvalue weighted by molar-refractivity contribution is 1.07. The second-order valence-corrected chi connectivity index (χ2v) is 7.13. The minimum absolute atomic E-state index is 0.546. The molecular weight excluding hydrogens is 336 g/mol. The molecule has 0 bridgehead atoms. The second-order valence-electron chi connectivity index (χ2n) is 6.12. The Bertz CT molecular complexity index is 884. The molecule has 4 N–H and O–H groups in total. The maximum absolute atomic E-state index is 6.60. The van der Waals surface area contributed by atoms with E-state index in [4.69, 9.17) is 11.5 Å². The van der Waals surface area contributed by atoms with Crippen LogP contribution in [0, 0.1) is 0 Å². The van der Waals surface area contributed by atoms with Crippen molar-refractivity contribution in [2.24, 2.45) is 5.73 Å². The average molecular weight is 361 g/mol. The molecule has 0 fully saturated rings. The van der Waals surface area contributed by atoms with Crippen LogP contribution in [0.2, 0.25) is 0 Å². The Balaban J connectivity index is 1.97. The van der Waals surface area contributed by atoms with E-state index < -0.39 is 0 Å². The number of hydrogen-bond acceptors (Lipinski definition) is 3. The number of allylic oxidation sites excluding steroid dienone is 1. The van der Waals surface area contributed by atoms with Crippen LogP contribution >= 0.6 is 11.8 Å². The van der Waals surface area contributed by atoms with Crippen molar-refractivity contribution in [3.8, 4) is 11.1 Å². The predicted octanol–water partition coefficient (Wildman–Crippen LogP) is 5.72. The van der Waals surface area contributed by atoms with E-state index in [0.29, 0.717) is 6.54 Å². The van der Waals surface area contributed by atoms with Gasteiger partial charge in [-0.05, 0) is 35.2 Å². The third-order valence-corrected chi connectivity index (χ3v) is 5.44. The smallest absolute Gasteiger partial charge is 0.0538 e. The zero-order valence-electron chi connectivity index (χ0n) is 15.0. The van der Waals surface area contributed by atoms with Crippen molar-refractivity contribution in [3.63, 3.8) is 0 Å². The van der Waals surface area contributed by atoms with E-state index in [2.05, 4.69) is 66.7 Å². The summed E-state index contributed by atoms with van der Waals surface area (Å²) >= 11 is 1.77. The number of thioether (sulfide) groups is 1. The van der Waals surface area contributed by atoms with Crippen LogP contribution in [0.3, 0.4) is 0 Å². The minimum Gasteiger partial charge on any atom is -0.397 e. The highest BCUT2D eigenvalue weighted by Crippen LogP contribution is 2.38. The van der Waals surface area contributed by atoms with Crippen LogP contribution in [0.15, 0.2) is 77.7 Å². The lowest BCUT2D eigenvalue weighted by Crippen LogP contribution is -1.98. The molecule has 0 heterocycles. The van der Waals surface area contributed by atoms with Gasteiger partial charge in [-0.1, -0.05) is 72.8 Å². The maximum Gasteiger partial charge on any atom is 0.0538 e. The summed E-state index contributed by atoms with van der Waals surface area (Å²) in [6, 6.07) is 23.1. The molecule has 3 rings (SSSR count). The maximum atomic E-state index is 6.60. The molecule has 0 saturated heterocycles. The third kappa shape index (κ3) is 4.18. The van der Waals surface area contributed by atoms with Gasteiger partial charge in [-0.2, -0.15) is 0 Å². The fourth-order valence-corrected chi connectivity index (χ4v) is 3.86. The number of nitrogen functional groups attached to an aromatic ring is 1. The summed E-state index contributed by atoms with van der Waals surface area (Å²) in [5.74, 6) is 0.902. The number of anilines is 1. The zero-order chi connectivity index (χ0) is 18.4. The summed E-state index contributed by atoms with van der Waals surface area (Å²) in [4.78, 5) is 1.11. The molecule has 0 aliphatic rings. The number of nitrogens with two attached hydrogens (primary N) is 2. The van der Waals surface area contributed by atoms with E-state index in [9.17, 15) is 0 Å². The van der Waals surface area contributed by atoms with Gasteiger partial charge in [0, 0.05) is 22.8 Å². The Hall–Kier alpha value is -2.49. The Morgan fingerprint density at radius 3 is 2.27 bits per heavy atom. The zero-order valence-corrected chi connectivity index (χ0v) is 15.8. The molecule has 3 aromatic carbocycles. The van der Waals surface area contributed by atoms with Gasteiger partial charge in [0.2, 0.25) is 0 Å². The van der Waals surface area contributed by atoms with Crippen molar-refractivity contribution in [1.82, 2.24) is 0 Å². The van der Waals surface area contributed by atoms with Crippen molar-refractivity contribution in [1.29, 1.82) is 0 Å². The quantitative estimate of drug-likeness (QED) is 0.436. The molecule has 132 valence electrons. The molecule has 0 atom stereocenters. The van der Waals surface area contributed by atoms with Crippen molar-refractivity contribution in [2.75, 3.05) is 5.73 Å². The fraction of sp³-hybridized carbons (Fsp3) is 0.130. The predicted molar refractivity (Wildman–Crippen MR) is 115 cm³/mol. The molecule has 0 unspecified atom stereocenters. The van der Waals surface area contributed by atoms with E-state index in [0.717, 1.165) is 38.6 Å². The summed E-state index contributed by atoms with van der Waals surface area (Å²) < 4.78 is 0. The average Bonchev–Trinajstić information content (AvgIpc) is 2.69. The highest BCUT2D eigenvalue weighted by atomic mass is 32.2. The van der Waals surface area contributed by atoms with Crippen molar-refractivity contribution in [3.05, 3.63) is 89.5 Å². The van der Waals surface area contributed by atoms with Crippen LogP contribution < -0.4 is 11.5 Å². The summed E-state index contributed by atoms with van der Waals surface area (Å²) in [7, 11) is 0. The molecule has 0 aliphatic heterocycles. The Morgan fingerprint density at radius 2 is 1.62 bits per heavy atom. The summed E-state index contributed by atoms with van der Waals surface area (Å²) in [5, 5.41) is 0. The Labute approximate surface area is 159 Å². The SMILES string of the molecule is C/C=C\c1ccc(SCc2ccccc2)c(N)c1-c1ccc(CN)cc1. The standard InChI is InChI=1S/C23H24N2S/c1-2-6-19-13-14-21(26-16-18-7-4-3-5-8-18)23(25)22(19)20-11-9-17(15-24)10-12-20/h2-14H,15-16,24-25H2,1H3/b6-2-. The molecule has 0 saturated carbocycles. The summed E-state index contributed by atoms with van der Waals surface area (Å²) in [6.45, 7) is 2.57. The van der Waals surface area contributed by atoms with Crippen LogP contribution in [0.1, 0.15) is 23.6 Å². The van der Waals surface area contributed by atoms with Gasteiger partial charge in [0.15, 0.2) is 0 Å². The minimum atomic E-state index is 0.546. The molecule has 2 nitrogen and oxygen atoms in total. The summed E-state index contributed by atoms with van der Waals surface area (Å²) in [5.41, 5.74) is 18.9. The monoisotopic (exact) mass is 360 g/mol. The van der Waals surface area contributed by atoms with Gasteiger partial charge >= 0.3 is 0 Å². The number of benzene rings is 3. The first-order chi connectivity index (χ1) is 12.7. The van der Waals surface area contributed by atoms with Gasteiger partial charge in [0.05, 0.1) is 5.69 Å². The lowest BCUT2D eigenvalue weighted by Gasteiger charge is -2.15. The van der Waals surface area contributed by atoms with Crippen LogP contribution in [0.5, 0.6) is 0 Å². The van der Waals surface area contributed by atoms with Gasteiger partial charge in [0.25, 0.3) is 0 Å². The van der Waals surface area contributed by atoms with Crippen LogP contribution in [0.4, 0.5) is 5.69 Å². The number of hydrogen-bond donors (Lipinski definition) is 2. The first-order valence-electron chi connectivity index (χ1n) is 8.74. The van der Waals surface area contributed by atoms with E-state index in [1.165, 1.54) is 5.56 Å². The highest BCUT2D eigenvalue weighted by Gasteiger charge is 2.12.